The van der Waals surface area contributed by atoms with Gasteiger partial charge in [0.15, 0.2) is 0 Å². The number of hydrogen-bond acceptors (Lipinski definition) is 0. The molecule has 0 aromatic rings. The molecule has 52 valence electrons. The molecule has 1 atom stereocenters. The maximum Gasteiger partial charge on any atom is 2.00 e. The van der Waals surface area contributed by atoms with Crippen LogP contribution in [0.5, 0.6) is 0 Å². The maximum atomic E-state index is 6.97. The molecule has 1 saturated carbocycles. The van der Waals surface area contributed by atoms with Gasteiger partial charge in [0.25, 0.3) is 0 Å². The molecule has 0 heterocycles. The van der Waals surface area contributed by atoms with Crippen LogP contribution in [0, 0.1) is 12.3 Å². The molecule has 0 bridgehead atoms. The summed E-state index contributed by atoms with van der Waals surface area (Å²) in [6.45, 7) is 0.611. The van der Waals surface area contributed by atoms with Crippen molar-refractivity contribution >= 4 is 0 Å². The molecule has 1 fully saturated rings. The van der Waals surface area contributed by atoms with Crippen molar-refractivity contribution in [2.45, 2.75) is 19.3 Å². The fourth-order valence-electron chi connectivity index (χ4n) is 1.04. The zero-order valence-electron chi connectivity index (χ0n) is 5.30. The van der Waals surface area contributed by atoms with Gasteiger partial charge in [-0.25, -0.2) is 0 Å². The van der Waals surface area contributed by atoms with E-state index in [0.717, 1.165) is 0 Å². The second-order valence-electron chi connectivity index (χ2n) is 2.13. The predicted octanol–water partition coefficient (Wildman–Crippen LogP) is 2.04. The summed E-state index contributed by atoms with van der Waals surface area (Å²) >= 11 is 0. The first kappa shape index (κ1) is 13.0. The van der Waals surface area contributed by atoms with Crippen molar-refractivity contribution in [3.63, 3.8) is 0 Å². The van der Waals surface area contributed by atoms with Crippen LogP contribution in [0.1, 0.15) is 19.3 Å². The molecule has 1 unspecified atom stereocenters. The van der Waals surface area contributed by atoms with Crippen LogP contribution in [0.4, 0.5) is 0 Å². The topological polar surface area (TPSA) is 23.8 Å². The van der Waals surface area contributed by atoms with Crippen molar-refractivity contribution in [1.82, 2.24) is 0 Å². The third-order valence-corrected chi connectivity index (χ3v) is 1.54. The van der Waals surface area contributed by atoms with Gasteiger partial charge in [-0.05, 0) is 0 Å². The van der Waals surface area contributed by atoms with Gasteiger partial charge in [0.2, 0.25) is 0 Å². The van der Waals surface area contributed by atoms with Crippen molar-refractivity contribution in [2.75, 3.05) is 6.54 Å². The van der Waals surface area contributed by atoms with E-state index in [4.69, 9.17) is 5.73 Å². The summed E-state index contributed by atoms with van der Waals surface area (Å²) in [5.74, 6) is 0.639. The van der Waals surface area contributed by atoms with E-state index in [1.807, 2.05) is 0 Å². The smallest absolute Gasteiger partial charge is 0.679 e. The second-order valence-corrected chi connectivity index (χ2v) is 2.13. The Morgan fingerprint density at radius 2 is 2.22 bits per heavy atom. The fraction of sp³-hybridized carbons (Fsp3) is 0.833. The monoisotopic (exact) mass is 465 g/mol. The van der Waals surface area contributed by atoms with Gasteiger partial charge in [-0.2, -0.15) is 18.9 Å². The summed E-state index contributed by atoms with van der Waals surface area (Å²) in [5, 5.41) is 0. The van der Waals surface area contributed by atoms with Crippen LogP contribution in [-0.4, -0.2) is 6.54 Å². The van der Waals surface area contributed by atoms with Crippen LogP contribution in [0.2, 0.25) is 0 Å². The molecule has 1 rings (SSSR count). The third kappa shape index (κ3) is 4.70. The first-order valence-electron chi connectivity index (χ1n) is 2.91. The van der Waals surface area contributed by atoms with Crippen molar-refractivity contribution in [2.24, 2.45) is 5.92 Å². The van der Waals surface area contributed by atoms with E-state index in [1.54, 1.807) is 0 Å². The molecule has 9 heavy (non-hydrogen) atoms. The average molecular weight is 465 g/mol. The molecule has 0 aliphatic heterocycles. The first-order chi connectivity index (χ1) is 3.43. The number of nitrogens with one attached hydrogen (secondary N) is 1. The molecule has 0 radical (unpaired) electrons. The predicted molar refractivity (Wildman–Crippen MR) is 30.8 cm³/mol. The molecule has 0 saturated heterocycles. The minimum atomic E-state index is 0. The van der Waals surface area contributed by atoms with Crippen molar-refractivity contribution in [3.05, 3.63) is 12.2 Å². The van der Waals surface area contributed by atoms with Crippen LogP contribution in [-0.2, 0) is 42.1 Å². The molecule has 3 heteroatoms. The zero-order valence-corrected chi connectivity index (χ0v) is 11.2. The van der Waals surface area contributed by atoms with E-state index >= 15 is 0 Å². The van der Waals surface area contributed by atoms with Gasteiger partial charge < -0.3 is 12.2 Å². The summed E-state index contributed by atoms with van der Waals surface area (Å²) in [6, 6.07) is 0. The molecule has 1 nitrogen and oxygen atoms in total. The van der Waals surface area contributed by atoms with E-state index in [0.29, 0.717) is 12.5 Å². The van der Waals surface area contributed by atoms with Crippen molar-refractivity contribution in [3.8, 4) is 0 Å². The Hall–Kier alpha value is 1.34. The minimum Gasteiger partial charge on any atom is -0.679 e. The summed E-state index contributed by atoms with van der Waals surface area (Å²) < 4.78 is 0. The Bertz CT molecular complexity index is 53.0. The van der Waals surface area contributed by atoms with E-state index in [1.165, 1.54) is 19.3 Å². The average Bonchev–Trinajstić information content (AvgIpc) is 2.14. The summed E-state index contributed by atoms with van der Waals surface area (Å²) in [6.07, 6.45) is 6.11. The summed E-state index contributed by atoms with van der Waals surface area (Å²) in [7, 11) is 0. The Labute approximate surface area is 85.7 Å². The molecule has 0 aromatic heterocycles. The molecule has 0 aromatic carbocycles. The summed E-state index contributed by atoms with van der Waals surface area (Å²) in [5.41, 5.74) is 6.97. The summed E-state index contributed by atoms with van der Waals surface area (Å²) in [4.78, 5) is 0. The standard InChI is InChI=1S/C6H11N.2W/c7-5-6-3-1-2-4-6;;/h3,6-7H,1-2,4-5H2;;/q-2;;+2. The van der Waals surface area contributed by atoms with Crippen LogP contribution in [0.15, 0.2) is 0 Å². The number of rotatable bonds is 1. The van der Waals surface area contributed by atoms with Gasteiger partial charge in [-0.1, -0.05) is 12.8 Å². The van der Waals surface area contributed by atoms with Gasteiger partial charge >= 0.3 is 21.1 Å². The Balaban J connectivity index is 0. The van der Waals surface area contributed by atoms with Gasteiger partial charge in [-0.15, -0.1) is 0 Å². The second kappa shape index (κ2) is 7.44. The van der Waals surface area contributed by atoms with Crippen LogP contribution in [0.3, 0.4) is 0 Å². The fourth-order valence-corrected chi connectivity index (χ4v) is 1.04. The molecular formula is C6H11NW2. The van der Waals surface area contributed by atoms with Crippen LogP contribution >= 0.6 is 0 Å². The zero-order chi connectivity index (χ0) is 5.11. The number of hydrogen-bond donors (Lipinski definition) is 0. The molecule has 1 aliphatic rings. The normalized spacial score (nSPS) is 24.3. The molecule has 0 spiro atoms. The van der Waals surface area contributed by atoms with Gasteiger partial charge in [0, 0.05) is 21.1 Å². The van der Waals surface area contributed by atoms with E-state index in [2.05, 4.69) is 6.42 Å². The molecule has 1 N–H and O–H groups in total. The quantitative estimate of drug-likeness (QED) is 0.531. The minimum absolute atomic E-state index is 0. The van der Waals surface area contributed by atoms with Crippen LogP contribution < -0.4 is 0 Å². The Morgan fingerprint density at radius 1 is 1.56 bits per heavy atom. The Morgan fingerprint density at radius 3 is 2.44 bits per heavy atom. The molecule has 0 amide bonds. The largest absolute Gasteiger partial charge is 2.00 e. The first-order valence-corrected chi connectivity index (χ1v) is 2.91. The van der Waals surface area contributed by atoms with Gasteiger partial charge in [0.05, 0.1) is 0 Å². The van der Waals surface area contributed by atoms with Crippen LogP contribution in [0.25, 0.3) is 5.73 Å². The Kier molecular flexibility index (Phi) is 10.7. The maximum absolute atomic E-state index is 6.97. The van der Waals surface area contributed by atoms with Gasteiger partial charge in [-0.3, -0.25) is 0 Å². The van der Waals surface area contributed by atoms with E-state index in [9.17, 15) is 0 Å². The van der Waals surface area contributed by atoms with Gasteiger partial charge in [0.1, 0.15) is 0 Å². The molecular weight excluding hydrogens is 454 g/mol. The third-order valence-electron chi connectivity index (χ3n) is 1.54. The van der Waals surface area contributed by atoms with E-state index < -0.39 is 0 Å². The van der Waals surface area contributed by atoms with E-state index in [-0.39, 0.29) is 42.1 Å². The SMILES string of the molecule is [NH-]CC1[CH-]CCC1.[W+2].[W]. The molecule has 1 aliphatic carbocycles. The van der Waals surface area contributed by atoms with Crippen molar-refractivity contribution < 1.29 is 42.1 Å². The van der Waals surface area contributed by atoms with Crippen molar-refractivity contribution in [1.29, 1.82) is 0 Å².